The second-order valence-electron chi connectivity index (χ2n) is 4.79. The second-order valence-corrected chi connectivity index (χ2v) is 4.79. The van der Waals surface area contributed by atoms with Crippen LogP contribution >= 0.6 is 0 Å². The zero-order chi connectivity index (χ0) is 13.7. The van der Waals surface area contributed by atoms with E-state index in [2.05, 4.69) is 35.0 Å². The highest BCUT2D eigenvalue weighted by Crippen LogP contribution is 2.21. The van der Waals surface area contributed by atoms with Gasteiger partial charge in [0, 0.05) is 25.0 Å². The third-order valence-corrected chi connectivity index (χ3v) is 3.32. The molecule has 3 nitrogen and oxygen atoms in total. The van der Waals surface area contributed by atoms with Gasteiger partial charge in [0.2, 0.25) is 0 Å². The van der Waals surface area contributed by atoms with Crippen LogP contribution in [0.3, 0.4) is 0 Å². The minimum absolute atomic E-state index is 0.222. The van der Waals surface area contributed by atoms with Crippen LogP contribution in [0.5, 0.6) is 0 Å². The summed E-state index contributed by atoms with van der Waals surface area (Å²) >= 11 is 0. The Morgan fingerprint density at radius 2 is 1.89 bits per heavy atom. The van der Waals surface area contributed by atoms with Crippen LogP contribution in [-0.4, -0.2) is 18.1 Å². The third kappa shape index (κ3) is 3.55. The van der Waals surface area contributed by atoms with E-state index in [1.54, 1.807) is 0 Å². The summed E-state index contributed by atoms with van der Waals surface area (Å²) in [5.41, 5.74) is 8.28. The van der Waals surface area contributed by atoms with Crippen molar-refractivity contribution < 1.29 is 0 Å². The van der Waals surface area contributed by atoms with Crippen LogP contribution in [0.1, 0.15) is 18.9 Å². The predicted molar refractivity (Wildman–Crippen MR) is 80.7 cm³/mol. The fourth-order valence-corrected chi connectivity index (χ4v) is 1.97. The van der Waals surface area contributed by atoms with Crippen LogP contribution in [0.2, 0.25) is 0 Å². The topological polar surface area (TPSA) is 42.1 Å². The molecule has 0 bridgehead atoms. The molecule has 0 saturated carbocycles. The van der Waals surface area contributed by atoms with Crippen molar-refractivity contribution in [3.63, 3.8) is 0 Å². The smallest absolute Gasteiger partial charge is 0.132 e. The number of hydrogen-bond acceptors (Lipinski definition) is 3. The van der Waals surface area contributed by atoms with E-state index in [1.807, 2.05) is 37.5 Å². The maximum atomic E-state index is 5.96. The highest BCUT2D eigenvalue weighted by molar-refractivity contribution is 5.58. The van der Waals surface area contributed by atoms with Crippen LogP contribution < -0.4 is 10.6 Å². The van der Waals surface area contributed by atoms with Gasteiger partial charge < -0.3 is 10.6 Å². The summed E-state index contributed by atoms with van der Waals surface area (Å²) in [5, 5.41) is 0. The van der Waals surface area contributed by atoms with Crippen LogP contribution in [0, 0.1) is 0 Å². The maximum absolute atomic E-state index is 5.96. The summed E-state index contributed by atoms with van der Waals surface area (Å²) in [5.74, 6) is 0.944. The quantitative estimate of drug-likeness (QED) is 0.892. The van der Waals surface area contributed by atoms with E-state index in [9.17, 15) is 0 Å². The number of hydrogen-bond donors (Lipinski definition) is 1. The molecule has 0 radical (unpaired) electrons. The molecule has 0 spiro atoms. The van der Waals surface area contributed by atoms with E-state index in [0.29, 0.717) is 0 Å². The Morgan fingerprint density at radius 3 is 2.47 bits per heavy atom. The molecule has 1 heterocycles. The van der Waals surface area contributed by atoms with Gasteiger partial charge in [0.05, 0.1) is 0 Å². The van der Waals surface area contributed by atoms with E-state index in [-0.39, 0.29) is 6.04 Å². The van der Waals surface area contributed by atoms with Gasteiger partial charge in [0.25, 0.3) is 0 Å². The third-order valence-electron chi connectivity index (χ3n) is 3.32. The lowest BCUT2D eigenvalue weighted by Gasteiger charge is -2.18. The van der Waals surface area contributed by atoms with Crippen molar-refractivity contribution in [3.05, 3.63) is 54.2 Å². The molecule has 0 aliphatic heterocycles. The van der Waals surface area contributed by atoms with Crippen molar-refractivity contribution in [2.24, 2.45) is 5.73 Å². The number of benzene rings is 1. The SMILES string of the molecule is CCC(N)Cc1ccc(N(C)c2ccccc2)nc1. The number of nitrogens with zero attached hydrogens (tertiary/aromatic N) is 2. The Hall–Kier alpha value is -1.87. The van der Waals surface area contributed by atoms with Gasteiger partial charge in [-0.15, -0.1) is 0 Å². The Labute approximate surface area is 115 Å². The zero-order valence-electron chi connectivity index (χ0n) is 11.6. The first kappa shape index (κ1) is 13.6. The normalized spacial score (nSPS) is 12.2. The average molecular weight is 255 g/mol. The molecule has 0 amide bonds. The van der Waals surface area contributed by atoms with E-state index in [4.69, 9.17) is 5.73 Å². The van der Waals surface area contributed by atoms with Crippen LogP contribution in [-0.2, 0) is 6.42 Å². The Morgan fingerprint density at radius 1 is 1.16 bits per heavy atom. The van der Waals surface area contributed by atoms with Crippen molar-refractivity contribution in [1.29, 1.82) is 0 Å². The van der Waals surface area contributed by atoms with Crippen LogP contribution in [0.25, 0.3) is 0 Å². The molecule has 2 N–H and O–H groups in total. The Balaban J connectivity index is 2.10. The standard InChI is InChI=1S/C16H21N3/c1-3-14(17)11-13-9-10-16(18-12-13)19(2)15-7-5-4-6-8-15/h4-10,12,14H,3,11,17H2,1-2H3. The molecule has 3 heteroatoms. The molecule has 0 aliphatic carbocycles. The van der Waals surface area contributed by atoms with Crippen LogP contribution in [0.15, 0.2) is 48.7 Å². The second kappa shape index (κ2) is 6.34. The molecule has 0 aliphatic rings. The molecule has 1 atom stereocenters. The molecule has 1 aromatic carbocycles. The minimum atomic E-state index is 0.222. The lowest BCUT2D eigenvalue weighted by molar-refractivity contribution is 0.645. The highest BCUT2D eigenvalue weighted by Gasteiger charge is 2.06. The summed E-state index contributed by atoms with van der Waals surface area (Å²) in [6.45, 7) is 2.11. The number of pyridine rings is 1. The molecular formula is C16H21N3. The molecule has 2 rings (SSSR count). The molecule has 2 aromatic rings. The zero-order valence-corrected chi connectivity index (χ0v) is 11.6. The summed E-state index contributed by atoms with van der Waals surface area (Å²) in [7, 11) is 2.02. The first-order chi connectivity index (χ1) is 9.20. The lowest BCUT2D eigenvalue weighted by atomic mass is 10.1. The molecule has 0 saturated heterocycles. The number of nitrogens with two attached hydrogens (primary N) is 1. The summed E-state index contributed by atoms with van der Waals surface area (Å²) in [6, 6.07) is 14.6. The molecular weight excluding hydrogens is 234 g/mol. The van der Waals surface area contributed by atoms with Gasteiger partial charge in [0.15, 0.2) is 0 Å². The van der Waals surface area contributed by atoms with E-state index < -0.39 is 0 Å². The van der Waals surface area contributed by atoms with Gasteiger partial charge in [-0.05, 0) is 36.6 Å². The van der Waals surface area contributed by atoms with Crippen molar-refractivity contribution >= 4 is 11.5 Å². The summed E-state index contributed by atoms with van der Waals surface area (Å²) in [6.07, 6.45) is 3.80. The van der Waals surface area contributed by atoms with E-state index >= 15 is 0 Å². The maximum Gasteiger partial charge on any atom is 0.132 e. The van der Waals surface area contributed by atoms with Crippen LogP contribution in [0.4, 0.5) is 11.5 Å². The van der Waals surface area contributed by atoms with Gasteiger partial charge in [-0.1, -0.05) is 31.2 Å². The molecule has 1 aromatic heterocycles. The van der Waals surface area contributed by atoms with Gasteiger partial charge in [0.1, 0.15) is 5.82 Å². The average Bonchev–Trinajstić information content (AvgIpc) is 2.48. The highest BCUT2D eigenvalue weighted by atomic mass is 15.2. The van der Waals surface area contributed by atoms with E-state index in [0.717, 1.165) is 24.3 Å². The van der Waals surface area contributed by atoms with Gasteiger partial charge >= 0.3 is 0 Å². The number of rotatable bonds is 5. The van der Waals surface area contributed by atoms with Crippen molar-refractivity contribution in [2.45, 2.75) is 25.8 Å². The number of para-hydroxylation sites is 1. The number of aromatic nitrogens is 1. The fraction of sp³-hybridized carbons (Fsp3) is 0.312. The summed E-state index contributed by atoms with van der Waals surface area (Å²) in [4.78, 5) is 6.59. The Bertz CT molecular complexity index is 493. The summed E-state index contributed by atoms with van der Waals surface area (Å²) < 4.78 is 0. The van der Waals surface area contributed by atoms with Crippen molar-refractivity contribution in [3.8, 4) is 0 Å². The van der Waals surface area contributed by atoms with Gasteiger partial charge in [-0.25, -0.2) is 4.98 Å². The molecule has 0 fully saturated rings. The molecule has 19 heavy (non-hydrogen) atoms. The number of anilines is 2. The van der Waals surface area contributed by atoms with E-state index in [1.165, 1.54) is 5.56 Å². The van der Waals surface area contributed by atoms with Gasteiger partial charge in [-0.2, -0.15) is 0 Å². The molecule has 100 valence electrons. The first-order valence-electron chi connectivity index (χ1n) is 6.70. The molecule has 1 unspecified atom stereocenters. The first-order valence-corrected chi connectivity index (χ1v) is 6.70. The van der Waals surface area contributed by atoms with Crippen molar-refractivity contribution in [2.75, 3.05) is 11.9 Å². The Kier molecular flexibility index (Phi) is 4.53. The predicted octanol–water partition coefficient (Wildman–Crippen LogP) is 3.13. The minimum Gasteiger partial charge on any atom is -0.329 e. The van der Waals surface area contributed by atoms with Gasteiger partial charge in [-0.3, -0.25) is 0 Å². The van der Waals surface area contributed by atoms with Crippen molar-refractivity contribution in [1.82, 2.24) is 4.98 Å². The lowest BCUT2D eigenvalue weighted by Crippen LogP contribution is -2.21. The fourth-order valence-electron chi connectivity index (χ4n) is 1.97. The largest absolute Gasteiger partial charge is 0.329 e. The monoisotopic (exact) mass is 255 g/mol.